The second kappa shape index (κ2) is 10.7. The first kappa shape index (κ1) is 20.9. The van der Waals surface area contributed by atoms with E-state index < -0.39 is 0 Å². The van der Waals surface area contributed by atoms with E-state index in [1.54, 1.807) is 11.3 Å². The van der Waals surface area contributed by atoms with E-state index in [0.717, 1.165) is 36.4 Å². The Hall–Kier alpha value is -1.40. The number of carbonyl (C=O) groups excluding carboxylic acids is 1. The minimum Gasteiger partial charge on any atom is -0.378 e. The Morgan fingerprint density at radius 2 is 2.15 bits per heavy atom. The summed E-state index contributed by atoms with van der Waals surface area (Å²) in [6.45, 7) is 4.32. The van der Waals surface area contributed by atoms with Crippen molar-refractivity contribution < 1.29 is 9.53 Å². The smallest absolute Gasteiger partial charge is 0.222 e. The zero-order valence-corrected chi connectivity index (χ0v) is 16.7. The van der Waals surface area contributed by atoms with Crippen molar-refractivity contribution in [2.45, 2.75) is 38.3 Å². The van der Waals surface area contributed by atoms with Crippen LogP contribution in [-0.4, -0.2) is 31.7 Å². The van der Waals surface area contributed by atoms with Crippen LogP contribution in [0.25, 0.3) is 0 Å². The Kier molecular flexibility index (Phi) is 8.59. The molecule has 1 aliphatic rings. The molecule has 1 saturated heterocycles. The maximum atomic E-state index is 12.6. The molecule has 1 fully saturated rings. The summed E-state index contributed by atoms with van der Waals surface area (Å²) in [5.41, 5.74) is 2.47. The molecule has 1 aliphatic heterocycles. The molecule has 1 amide bonds. The SMILES string of the molecule is CCCc1ccc(C(NC(=O)CC2COCCN2)c2cccs2)cc1.Cl. The number of thiophene rings is 1. The number of aryl methyl sites for hydroxylation is 1. The number of nitrogens with one attached hydrogen (secondary N) is 2. The quantitative estimate of drug-likeness (QED) is 0.752. The van der Waals surface area contributed by atoms with Gasteiger partial charge in [-0.15, -0.1) is 23.7 Å². The average molecular weight is 395 g/mol. The van der Waals surface area contributed by atoms with E-state index in [9.17, 15) is 4.79 Å². The van der Waals surface area contributed by atoms with E-state index in [1.165, 1.54) is 5.56 Å². The van der Waals surface area contributed by atoms with E-state index in [2.05, 4.69) is 53.3 Å². The lowest BCUT2D eigenvalue weighted by Gasteiger charge is -2.25. The first-order valence-electron chi connectivity index (χ1n) is 8.99. The third kappa shape index (κ3) is 5.81. The van der Waals surface area contributed by atoms with Gasteiger partial charge < -0.3 is 15.4 Å². The third-order valence-electron chi connectivity index (χ3n) is 4.41. The highest BCUT2D eigenvalue weighted by Crippen LogP contribution is 2.26. The molecular weight excluding hydrogens is 368 g/mol. The molecule has 4 nitrogen and oxygen atoms in total. The lowest BCUT2D eigenvalue weighted by molar-refractivity contribution is -0.122. The molecule has 2 N–H and O–H groups in total. The average Bonchev–Trinajstić information content (AvgIpc) is 3.16. The fourth-order valence-electron chi connectivity index (χ4n) is 3.13. The van der Waals surface area contributed by atoms with E-state index >= 15 is 0 Å². The fraction of sp³-hybridized carbons (Fsp3) is 0.450. The van der Waals surface area contributed by atoms with Gasteiger partial charge in [-0.2, -0.15) is 0 Å². The van der Waals surface area contributed by atoms with Crippen LogP contribution in [0.15, 0.2) is 41.8 Å². The van der Waals surface area contributed by atoms with Crippen molar-refractivity contribution in [2.75, 3.05) is 19.8 Å². The first-order chi connectivity index (χ1) is 12.3. The van der Waals surface area contributed by atoms with Crippen molar-refractivity contribution >= 4 is 29.7 Å². The van der Waals surface area contributed by atoms with Gasteiger partial charge in [-0.3, -0.25) is 4.79 Å². The second-order valence-electron chi connectivity index (χ2n) is 6.44. The van der Waals surface area contributed by atoms with Crippen LogP contribution in [0.4, 0.5) is 0 Å². The minimum absolute atomic E-state index is 0. The monoisotopic (exact) mass is 394 g/mol. The predicted molar refractivity (Wildman–Crippen MR) is 109 cm³/mol. The maximum Gasteiger partial charge on any atom is 0.222 e. The molecule has 142 valence electrons. The van der Waals surface area contributed by atoms with Gasteiger partial charge in [0.2, 0.25) is 5.91 Å². The summed E-state index contributed by atoms with van der Waals surface area (Å²) < 4.78 is 5.44. The second-order valence-corrected chi connectivity index (χ2v) is 7.42. The summed E-state index contributed by atoms with van der Waals surface area (Å²) in [7, 11) is 0. The van der Waals surface area contributed by atoms with E-state index in [4.69, 9.17) is 4.74 Å². The summed E-state index contributed by atoms with van der Waals surface area (Å²) in [5, 5.41) is 8.60. The molecule has 0 spiro atoms. The van der Waals surface area contributed by atoms with Crippen LogP contribution in [0.3, 0.4) is 0 Å². The highest BCUT2D eigenvalue weighted by Gasteiger charge is 2.21. The van der Waals surface area contributed by atoms with Gasteiger partial charge in [-0.05, 0) is 29.0 Å². The van der Waals surface area contributed by atoms with Gasteiger partial charge in [0.25, 0.3) is 0 Å². The van der Waals surface area contributed by atoms with E-state index in [0.29, 0.717) is 13.0 Å². The lowest BCUT2D eigenvalue weighted by Crippen LogP contribution is -2.44. The Morgan fingerprint density at radius 3 is 2.77 bits per heavy atom. The van der Waals surface area contributed by atoms with Gasteiger partial charge in [0, 0.05) is 23.9 Å². The molecule has 1 aromatic heterocycles. The number of rotatable bonds is 7. The number of benzene rings is 1. The molecule has 2 heterocycles. The topological polar surface area (TPSA) is 50.4 Å². The van der Waals surface area contributed by atoms with Crippen LogP contribution >= 0.6 is 23.7 Å². The molecule has 0 bridgehead atoms. The number of carbonyl (C=O) groups is 1. The summed E-state index contributed by atoms with van der Waals surface area (Å²) in [4.78, 5) is 13.7. The zero-order chi connectivity index (χ0) is 17.5. The molecule has 0 aliphatic carbocycles. The maximum absolute atomic E-state index is 12.6. The first-order valence-corrected chi connectivity index (χ1v) is 9.87. The highest BCUT2D eigenvalue weighted by atomic mass is 35.5. The molecular formula is C20H27ClN2O2S. The summed E-state index contributed by atoms with van der Waals surface area (Å²) in [6.07, 6.45) is 2.67. The molecule has 3 rings (SSSR count). The molecule has 2 aromatic rings. The summed E-state index contributed by atoms with van der Waals surface area (Å²) in [5.74, 6) is 0.0547. The van der Waals surface area contributed by atoms with Gasteiger partial charge in [0.15, 0.2) is 0 Å². The summed E-state index contributed by atoms with van der Waals surface area (Å²) >= 11 is 1.67. The van der Waals surface area contributed by atoms with Crippen molar-refractivity contribution in [3.8, 4) is 0 Å². The molecule has 2 atom stereocenters. The van der Waals surface area contributed by atoms with Crippen LogP contribution in [0, 0.1) is 0 Å². The molecule has 1 aromatic carbocycles. The van der Waals surface area contributed by atoms with Gasteiger partial charge >= 0.3 is 0 Å². The fourth-order valence-corrected chi connectivity index (χ4v) is 3.94. The van der Waals surface area contributed by atoms with Crippen molar-refractivity contribution in [3.63, 3.8) is 0 Å². The van der Waals surface area contributed by atoms with Crippen LogP contribution in [0.1, 0.15) is 41.8 Å². The van der Waals surface area contributed by atoms with Crippen LogP contribution in [-0.2, 0) is 16.0 Å². The Balaban J connectivity index is 0.00000243. The largest absolute Gasteiger partial charge is 0.378 e. The Morgan fingerprint density at radius 1 is 1.35 bits per heavy atom. The van der Waals surface area contributed by atoms with Crippen LogP contribution in [0.2, 0.25) is 0 Å². The molecule has 6 heteroatoms. The predicted octanol–water partition coefficient (Wildman–Crippen LogP) is 3.71. The Labute approximate surface area is 165 Å². The molecule has 0 radical (unpaired) electrons. The molecule has 26 heavy (non-hydrogen) atoms. The number of morpholine rings is 1. The van der Waals surface area contributed by atoms with Crippen molar-refractivity contribution in [1.82, 2.24) is 10.6 Å². The van der Waals surface area contributed by atoms with Crippen molar-refractivity contribution in [3.05, 3.63) is 57.8 Å². The van der Waals surface area contributed by atoms with Crippen molar-refractivity contribution in [1.29, 1.82) is 0 Å². The molecule has 2 unspecified atom stereocenters. The normalized spacial score (nSPS) is 18.0. The lowest BCUT2D eigenvalue weighted by atomic mass is 10.0. The van der Waals surface area contributed by atoms with Crippen LogP contribution in [0.5, 0.6) is 0 Å². The van der Waals surface area contributed by atoms with Gasteiger partial charge in [-0.1, -0.05) is 43.7 Å². The minimum atomic E-state index is -0.0901. The molecule has 0 saturated carbocycles. The van der Waals surface area contributed by atoms with Crippen molar-refractivity contribution in [2.24, 2.45) is 0 Å². The van der Waals surface area contributed by atoms with Gasteiger partial charge in [0.05, 0.1) is 19.3 Å². The standard InChI is InChI=1S/C20H26N2O2S.ClH/c1-2-4-15-6-8-16(9-7-15)20(18-5-3-12-25-18)22-19(23)13-17-14-24-11-10-21-17;/h3,5-9,12,17,20-21H,2,4,10-11,13-14H2,1H3,(H,22,23);1H. The van der Waals surface area contributed by atoms with Gasteiger partial charge in [0.1, 0.15) is 0 Å². The Bertz CT molecular complexity index is 655. The number of hydrogen-bond donors (Lipinski definition) is 2. The van der Waals surface area contributed by atoms with Crippen LogP contribution < -0.4 is 10.6 Å². The van der Waals surface area contributed by atoms with E-state index in [1.807, 2.05) is 6.07 Å². The van der Waals surface area contributed by atoms with E-state index in [-0.39, 0.29) is 30.4 Å². The number of halogens is 1. The third-order valence-corrected chi connectivity index (χ3v) is 5.35. The number of hydrogen-bond acceptors (Lipinski definition) is 4. The summed E-state index contributed by atoms with van der Waals surface area (Å²) in [6, 6.07) is 12.7. The number of ether oxygens (including phenoxy) is 1. The van der Waals surface area contributed by atoms with Gasteiger partial charge in [-0.25, -0.2) is 0 Å². The highest BCUT2D eigenvalue weighted by molar-refractivity contribution is 7.10. The number of amides is 1. The zero-order valence-electron chi connectivity index (χ0n) is 15.1.